The largest absolute Gasteiger partial charge is 0.360 e. The number of H-pyrrole nitrogens is 1. The number of benzene rings is 3. The second-order valence-corrected chi connectivity index (χ2v) is 4.72. The van der Waals surface area contributed by atoms with Gasteiger partial charge in [-0.25, -0.2) is 0 Å². The van der Waals surface area contributed by atoms with Crippen LogP contribution in [-0.2, 0) is 0 Å². The van der Waals surface area contributed by atoms with Crippen molar-refractivity contribution in [1.29, 1.82) is 0 Å². The Morgan fingerprint density at radius 3 is 2.32 bits per heavy atom. The summed E-state index contributed by atoms with van der Waals surface area (Å²) < 4.78 is 0. The predicted octanol–water partition coefficient (Wildman–Crippen LogP) is 3.79. The average Bonchev–Trinajstić information content (AvgIpc) is 2.47. The molecule has 0 saturated carbocycles. The van der Waals surface area contributed by atoms with Crippen molar-refractivity contribution >= 4 is 21.5 Å². The standard InChI is InChI=1S/C17H11NO/c19-16-9-15-17(14-8-4-3-7-13(14)16)12-6-2-1-5-11(12)10-18-15/h1-10,18H. The molecule has 0 unspecified atom stereocenters. The lowest BCUT2D eigenvalue weighted by Gasteiger charge is -2.12. The van der Waals surface area contributed by atoms with E-state index in [-0.39, 0.29) is 5.43 Å². The Balaban J connectivity index is 2.39. The number of aromatic nitrogens is 1. The SMILES string of the molecule is O=c1cc2[nH]cc3ccccc3c-2c2ccccc12. The minimum absolute atomic E-state index is 0.0645. The van der Waals surface area contributed by atoms with Crippen molar-refractivity contribution in [2.75, 3.05) is 0 Å². The normalized spacial score (nSPS) is 11.4. The van der Waals surface area contributed by atoms with Crippen LogP contribution in [-0.4, -0.2) is 4.98 Å². The topological polar surface area (TPSA) is 32.9 Å². The van der Waals surface area contributed by atoms with E-state index in [4.69, 9.17) is 0 Å². The predicted molar refractivity (Wildman–Crippen MR) is 78.7 cm³/mol. The summed E-state index contributed by atoms with van der Waals surface area (Å²) in [5.41, 5.74) is 2.07. The van der Waals surface area contributed by atoms with E-state index in [0.717, 1.165) is 27.4 Å². The monoisotopic (exact) mass is 245 g/mol. The molecule has 2 heteroatoms. The van der Waals surface area contributed by atoms with Gasteiger partial charge in [0.1, 0.15) is 0 Å². The van der Waals surface area contributed by atoms with Crippen LogP contribution in [0.15, 0.2) is 65.6 Å². The minimum Gasteiger partial charge on any atom is -0.360 e. The first kappa shape index (κ1) is 10.3. The lowest BCUT2D eigenvalue weighted by atomic mass is 9.95. The number of aromatic amines is 1. The van der Waals surface area contributed by atoms with E-state index < -0.39 is 0 Å². The number of hydrogen-bond donors (Lipinski definition) is 1. The van der Waals surface area contributed by atoms with Crippen LogP contribution in [0.25, 0.3) is 32.8 Å². The number of pyridine rings is 1. The molecular formula is C17H11NO. The summed E-state index contributed by atoms with van der Waals surface area (Å²) in [6, 6.07) is 17.7. The Bertz CT molecular complexity index is 936. The zero-order valence-electron chi connectivity index (χ0n) is 10.2. The molecular weight excluding hydrogens is 234 g/mol. The maximum absolute atomic E-state index is 12.1. The Morgan fingerprint density at radius 1 is 0.789 bits per heavy atom. The molecule has 2 aromatic rings. The van der Waals surface area contributed by atoms with Crippen molar-refractivity contribution in [1.82, 2.24) is 4.98 Å². The zero-order chi connectivity index (χ0) is 12.8. The number of rotatable bonds is 0. The molecule has 90 valence electrons. The number of fused-ring (bicyclic) bond motifs is 5. The van der Waals surface area contributed by atoms with E-state index in [1.165, 1.54) is 5.39 Å². The van der Waals surface area contributed by atoms with Gasteiger partial charge in [-0.2, -0.15) is 0 Å². The Labute approximate surface area is 109 Å². The fourth-order valence-corrected chi connectivity index (χ4v) is 2.75. The van der Waals surface area contributed by atoms with Crippen LogP contribution >= 0.6 is 0 Å². The molecule has 1 heterocycles. The lowest BCUT2D eigenvalue weighted by Crippen LogP contribution is -2.03. The molecule has 0 radical (unpaired) electrons. The summed E-state index contributed by atoms with van der Waals surface area (Å²) in [4.78, 5) is 15.3. The molecule has 0 fully saturated rings. The highest BCUT2D eigenvalue weighted by molar-refractivity contribution is 6.09. The first-order valence-corrected chi connectivity index (χ1v) is 6.26. The number of hydrogen-bond acceptors (Lipinski definition) is 1. The van der Waals surface area contributed by atoms with E-state index in [1.807, 2.05) is 42.6 Å². The third-order valence-corrected chi connectivity index (χ3v) is 3.62. The Hall–Kier alpha value is -2.61. The van der Waals surface area contributed by atoms with Gasteiger partial charge in [-0.05, 0) is 16.2 Å². The lowest BCUT2D eigenvalue weighted by molar-refractivity contribution is 1.35. The first-order chi connectivity index (χ1) is 9.34. The zero-order valence-corrected chi connectivity index (χ0v) is 10.2. The third-order valence-electron chi connectivity index (χ3n) is 3.62. The average molecular weight is 245 g/mol. The Kier molecular flexibility index (Phi) is 2.00. The first-order valence-electron chi connectivity index (χ1n) is 6.26. The molecule has 2 aliphatic rings. The van der Waals surface area contributed by atoms with E-state index in [2.05, 4.69) is 17.1 Å². The smallest absolute Gasteiger partial charge is 0.188 e. The van der Waals surface area contributed by atoms with Crippen LogP contribution in [0.1, 0.15) is 0 Å². The highest BCUT2D eigenvalue weighted by Crippen LogP contribution is 2.33. The van der Waals surface area contributed by atoms with Gasteiger partial charge in [-0.15, -0.1) is 0 Å². The molecule has 0 amide bonds. The Morgan fingerprint density at radius 2 is 1.47 bits per heavy atom. The van der Waals surface area contributed by atoms with Gasteiger partial charge in [-0.1, -0.05) is 48.5 Å². The van der Waals surface area contributed by atoms with Crippen molar-refractivity contribution in [3.8, 4) is 11.3 Å². The summed E-state index contributed by atoms with van der Waals surface area (Å²) in [5, 5.41) is 4.11. The summed E-state index contributed by atoms with van der Waals surface area (Å²) in [7, 11) is 0. The molecule has 0 spiro atoms. The van der Waals surface area contributed by atoms with Gasteiger partial charge in [0.2, 0.25) is 0 Å². The summed E-state index contributed by atoms with van der Waals surface area (Å²) in [6.07, 6.45) is 1.95. The van der Waals surface area contributed by atoms with Gasteiger partial charge in [0.05, 0.1) is 5.69 Å². The summed E-state index contributed by atoms with van der Waals surface area (Å²) in [5.74, 6) is 0. The second kappa shape index (κ2) is 3.69. The van der Waals surface area contributed by atoms with Gasteiger partial charge >= 0.3 is 0 Å². The quantitative estimate of drug-likeness (QED) is 0.470. The van der Waals surface area contributed by atoms with Crippen LogP contribution in [0.4, 0.5) is 0 Å². The van der Waals surface area contributed by atoms with Gasteiger partial charge in [0, 0.05) is 23.2 Å². The maximum Gasteiger partial charge on any atom is 0.188 e. The molecule has 1 N–H and O–H groups in total. The summed E-state index contributed by atoms with van der Waals surface area (Å²) >= 11 is 0. The van der Waals surface area contributed by atoms with Gasteiger partial charge in [0.15, 0.2) is 5.43 Å². The fourth-order valence-electron chi connectivity index (χ4n) is 2.75. The maximum atomic E-state index is 12.1. The molecule has 1 aliphatic carbocycles. The fraction of sp³-hybridized carbons (Fsp3) is 0. The molecule has 0 bridgehead atoms. The van der Waals surface area contributed by atoms with Crippen molar-refractivity contribution in [3.63, 3.8) is 0 Å². The van der Waals surface area contributed by atoms with Crippen molar-refractivity contribution < 1.29 is 0 Å². The van der Waals surface area contributed by atoms with Crippen LogP contribution < -0.4 is 5.43 Å². The molecule has 0 atom stereocenters. The minimum atomic E-state index is 0.0645. The molecule has 0 aromatic heterocycles. The highest BCUT2D eigenvalue weighted by Gasteiger charge is 2.12. The molecule has 2 aromatic carbocycles. The van der Waals surface area contributed by atoms with Gasteiger partial charge in [-0.3, -0.25) is 4.79 Å². The van der Waals surface area contributed by atoms with Crippen LogP contribution in [0, 0.1) is 0 Å². The molecule has 2 nitrogen and oxygen atoms in total. The molecule has 19 heavy (non-hydrogen) atoms. The summed E-state index contributed by atoms with van der Waals surface area (Å²) in [6.45, 7) is 0. The van der Waals surface area contributed by atoms with Crippen LogP contribution in [0.5, 0.6) is 0 Å². The third kappa shape index (κ3) is 1.40. The van der Waals surface area contributed by atoms with E-state index >= 15 is 0 Å². The van der Waals surface area contributed by atoms with Gasteiger partial charge < -0.3 is 4.98 Å². The molecule has 0 saturated heterocycles. The van der Waals surface area contributed by atoms with Crippen molar-refractivity contribution in [2.24, 2.45) is 0 Å². The van der Waals surface area contributed by atoms with Crippen molar-refractivity contribution in [2.45, 2.75) is 0 Å². The van der Waals surface area contributed by atoms with Gasteiger partial charge in [0.25, 0.3) is 0 Å². The van der Waals surface area contributed by atoms with Crippen LogP contribution in [0.3, 0.4) is 0 Å². The van der Waals surface area contributed by atoms with Crippen molar-refractivity contribution in [3.05, 3.63) is 71.0 Å². The van der Waals surface area contributed by atoms with Crippen LogP contribution in [0.2, 0.25) is 0 Å². The van der Waals surface area contributed by atoms with E-state index in [1.54, 1.807) is 6.07 Å². The highest BCUT2D eigenvalue weighted by atomic mass is 16.1. The molecule has 1 aliphatic heterocycles. The van der Waals surface area contributed by atoms with E-state index in [0.29, 0.717) is 0 Å². The number of nitrogens with one attached hydrogen (secondary N) is 1. The van der Waals surface area contributed by atoms with E-state index in [9.17, 15) is 4.79 Å². The second-order valence-electron chi connectivity index (χ2n) is 4.72. The molecule has 4 rings (SSSR count).